The highest BCUT2D eigenvalue weighted by atomic mass is 16.5. The van der Waals surface area contributed by atoms with Gasteiger partial charge in [-0.1, -0.05) is 0 Å². The van der Waals surface area contributed by atoms with Crippen LogP contribution in [-0.2, 0) is 28.5 Å². The monoisotopic (exact) mass is 378 g/mol. The zero-order valence-corrected chi connectivity index (χ0v) is 17.0. The molecule has 0 saturated carbocycles. The third kappa shape index (κ3) is 4.04. The van der Waals surface area contributed by atoms with Crippen LogP contribution in [0.25, 0.3) is 0 Å². The summed E-state index contributed by atoms with van der Waals surface area (Å²) in [5, 5.41) is 0. The second kappa shape index (κ2) is 6.83. The van der Waals surface area contributed by atoms with Crippen molar-refractivity contribution in [2.45, 2.75) is 52.6 Å². The van der Waals surface area contributed by atoms with Crippen molar-refractivity contribution in [1.29, 1.82) is 0 Å². The summed E-state index contributed by atoms with van der Waals surface area (Å²) in [5.74, 6) is 0.423. The van der Waals surface area contributed by atoms with E-state index in [4.69, 9.17) is 9.47 Å². The smallest absolute Gasteiger partial charge is 0.333 e. The van der Waals surface area contributed by atoms with Gasteiger partial charge in [-0.25, -0.2) is 19.6 Å². The van der Waals surface area contributed by atoms with Gasteiger partial charge in [-0.2, -0.15) is 0 Å². The summed E-state index contributed by atoms with van der Waals surface area (Å²) in [7, 11) is 2.59. The predicted molar refractivity (Wildman–Crippen MR) is 99.2 cm³/mol. The second-order valence-electron chi connectivity index (χ2n) is 7.84. The Kier molecular flexibility index (Phi) is 5.23. The molecule has 0 saturated heterocycles. The molecule has 0 radical (unpaired) electrons. The van der Waals surface area contributed by atoms with E-state index >= 15 is 0 Å². The third-order valence-electron chi connectivity index (χ3n) is 4.35. The van der Waals surface area contributed by atoms with Gasteiger partial charge in [0.1, 0.15) is 28.0 Å². The molecule has 8 nitrogen and oxygen atoms in total. The van der Waals surface area contributed by atoms with Crippen molar-refractivity contribution in [3.05, 3.63) is 23.7 Å². The molecule has 0 aromatic heterocycles. The topological polar surface area (TPSA) is 95.8 Å². The fraction of sp³-hybridized carbons (Fsp3) is 0.579. The van der Waals surface area contributed by atoms with Gasteiger partial charge >= 0.3 is 11.9 Å². The van der Waals surface area contributed by atoms with Crippen LogP contribution in [0.3, 0.4) is 0 Å². The van der Waals surface area contributed by atoms with Crippen molar-refractivity contribution in [2.24, 2.45) is 15.4 Å². The van der Waals surface area contributed by atoms with Gasteiger partial charge in [-0.15, -0.1) is 0 Å². The molecular formula is C19H26N2O6. The average molecular weight is 378 g/mol. The Labute approximate surface area is 158 Å². The van der Waals surface area contributed by atoms with E-state index in [-0.39, 0.29) is 0 Å². The standard InChI is InChI=1S/C19H26N2O6/c1-17(2,15-20-18(3,4)11(26-15)9-13(22)24-7)16-21-19(5,6)12(27-16)10-14(23)25-8/h9-10H,1-8H3/b11-9+,12-10+. The van der Waals surface area contributed by atoms with Crippen LogP contribution in [0.5, 0.6) is 0 Å². The minimum Gasteiger partial charge on any atom is -0.466 e. The Morgan fingerprint density at radius 2 is 1.19 bits per heavy atom. The molecule has 2 heterocycles. The quantitative estimate of drug-likeness (QED) is 0.551. The third-order valence-corrected chi connectivity index (χ3v) is 4.35. The fourth-order valence-corrected chi connectivity index (χ4v) is 2.49. The molecule has 0 spiro atoms. The van der Waals surface area contributed by atoms with E-state index in [2.05, 4.69) is 19.5 Å². The number of methoxy groups -OCH3 is 2. The van der Waals surface area contributed by atoms with Gasteiger partial charge in [0, 0.05) is 0 Å². The maximum atomic E-state index is 11.6. The fourth-order valence-electron chi connectivity index (χ4n) is 2.49. The zero-order valence-electron chi connectivity index (χ0n) is 17.0. The summed E-state index contributed by atoms with van der Waals surface area (Å²) in [4.78, 5) is 32.4. The summed E-state index contributed by atoms with van der Waals surface area (Å²) in [6.07, 6.45) is 2.55. The largest absolute Gasteiger partial charge is 0.466 e. The van der Waals surface area contributed by atoms with Crippen LogP contribution in [0.2, 0.25) is 0 Å². The van der Waals surface area contributed by atoms with Gasteiger partial charge in [0.25, 0.3) is 0 Å². The first kappa shape index (κ1) is 20.7. The van der Waals surface area contributed by atoms with Crippen molar-refractivity contribution in [3.8, 4) is 0 Å². The lowest BCUT2D eigenvalue weighted by Crippen LogP contribution is -2.34. The zero-order chi connectivity index (χ0) is 20.6. The van der Waals surface area contributed by atoms with Gasteiger partial charge < -0.3 is 18.9 Å². The summed E-state index contributed by atoms with van der Waals surface area (Å²) < 4.78 is 21.1. The molecule has 2 aliphatic heterocycles. The van der Waals surface area contributed by atoms with E-state index in [1.807, 2.05) is 41.5 Å². The molecule has 0 atom stereocenters. The van der Waals surface area contributed by atoms with Gasteiger partial charge in [-0.3, -0.25) is 0 Å². The Hall–Kier alpha value is -2.64. The lowest BCUT2D eigenvalue weighted by molar-refractivity contribution is -0.135. The number of ether oxygens (including phenoxy) is 4. The summed E-state index contributed by atoms with van der Waals surface area (Å²) in [6, 6.07) is 0. The molecule has 2 rings (SSSR count). The first-order valence-corrected chi connectivity index (χ1v) is 8.50. The Bertz CT molecular complexity index is 720. The van der Waals surface area contributed by atoms with Crippen molar-refractivity contribution >= 4 is 23.7 Å². The van der Waals surface area contributed by atoms with Gasteiger partial charge in [0.05, 0.1) is 26.4 Å². The van der Waals surface area contributed by atoms with Crippen LogP contribution in [0, 0.1) is 5.41 Å². The minimum atomic E-state index is -0.827. The number of esters is 2. The van der Waals surface area contributed by atoms with Gasteiger partial charge in [-0.05, 0) is 41.5 Å². The van der Waals surface area contributed by atoms with Crippen LogP contribution in [-0.4, -0.2) is 49.0 Å². The molecule has 0 aromatic rings. The number of aliphatic imine (C=N–C) groups is 2. The van der Waals surface area contributed by atoms with Crippen LogP contribution in [0.4, 0.5) is 0 Å². The van der Waals surface area contributed by atoms with Crippen molar-refractivity contribution in [1.82, 2.24) is 0 Å². The average Bonchev–Trinajstić information content (AvgIpc) is 3.04. The number of rotatable bonds is 4. The van der Waals surface area contributed by atoms with E-state index in [0.29, 0.717) is 23.3 Å². The van der Waals surface area contributed by atoms with E-state index in [1.54, 1.807) is 0 Å². The van der Waals surface area contributed by atoms with Gasteiger partial charge in [0.15, 0.2) is 0 Å². The predicted octanol–water partition coefficient (Wildman–Crippen LogP) is 2.54. The molecular weight excluding hydrogens is 352 g/mol. The molecule has 148 valence electrons. The highest BCUT2D eigenvalue weighted by Crippen LogP contribution is 2.40. The molecule has 0 N–H and O–H groups in total. The first-order chi connectivity index (χ1) is 12.3. The molecule has 0 bridgehead atoms. The maximum absolute atomic E-state index is 11.6. The number of carbonyl (C=O) groups excluding carboxylic acids is 2. The molecule has 2 aliphatic rings. The Balaban J connectivity index is 2.35. The van der Waals surface area contributed by atoms with E-state index in [1.165, 1.54) is 26.4 Å². The molecule has 0 amide bonds. The highest BCUT2D eigenvalue weighted by molar-refractivity contribution is 6.07. The molecule has 0 aromatic carbocycles. The van der Waals surface area contributed by atoms with Crippen molar-refractivity contribution in [2.75, 3.05) is 14.2 Å². The Morgan fingerprint density at radius 1 is 0.852 bits per heavy atom. The second-order valence-corrected chi connectivity index (χ2v) is 7.84. The lowest BCUT2D eigenvalue weighted by atomic mass is 9.92. The maximum Gasteiger partial charge on any atom is 0.333 e. The number of hydrogen-bond acceptors (Lipinski definition) is 8. The van der Waals surface area contributed by atoms with Crippen molar-refractivity contribution < 1.29 is 28.5 Å². The van der Waals surface area contributed by atoms with E-state index in [0.717, 1.165) is 0 Å². The first-order valence-electron chi connectivity index (χ1n) is 8.50. The van der Waals surface area contributed by atoms with E-state index in [9.17, 15) is 9.59 Å². The minimum absolute atomic E-state index is 0.358. The van der Waals surface area contributed by atoms with Gasteiger partial charge in [0.2, 0.25) is 11.8 Å². The van der Waals surface area contributed by atoms with Crippen LogP contribution < -0.4 is 0 Å². The summed E-state index contributed by atoms with van der Waals surface area (Å²) >= 11 is 0. The normalized spacial score (nSPS) is 23.4. The number of hydrogen-bond donors (Lipinski definition) is 0. The molecule has 0 aliphatic carbocycles. The highest BCUT2D eigenvalue weighted by Gasteiger charge is 2.48. The SMILES string of the molecule is COC(=O)/C=C1/OC(C(C)(C)C2=NC(C)(C)/C(=C\C(=O)OC)O2)=NC1(C)C. The number of carbonyl (C=O) groups is 2. The van der Waals surface area contributed by atoms with Crippen LogP contribution in [0.15, 0.2) is 33.7 Å². The molecule has 8 heteroatoms. The Morgan fingerprint density at radius 3 is 1.48 bits per heavy atom. The van der Waals surface area contributed by atoms with Crippen molar-refractivity contribution in [3.63, 3.8) is 0 Å². The molecule has 27 heavy (non-hydrogen) atoms. The van der Waals surface area contributed by atoms with Crippen LogP contribution >= 0.6 is 0 Å². The molecule has 0 unspecified atom stereocenters. The summed E-state index contributed by atoms with van der Waals surface area (Å²) in [6.45, 7) is 11.0. The number of nitrogens with zero attached hydrogens (tertiary/aromatic N) is 2. The van der Waals surface area contributed by atoms with Crippen LogP contribution in [0.1, 0.15) is 41.5 Å². The molecule has 0 fully saturated rings. The summed E-state index contributed by atoms with van der Waals surface area (Å²) in [5.41, 5.74) is -2.30. The van der Waals surface area contributed by atoms with E-state index < -0.39 is 28.4 Å². The lowest BCUT2D eigenvalue weighted by Gasteiger charge is -2.22.